The molecule has 2 heterocycles. The standard InChI is InChI=1S/C24H24N4O4/c1-15-18(16(2)28(3)27-15)9-11-23(29)26-20-7-5-4-6-19(20)24(30)25-13-17-8-10-21-22(12-17)32-14-31-21/h4-12H,13-14H2,1-3H3,(H,25,30)(H,26,29)/b11-9+. The van der Waals surface area contributed by atoms with Crippen molar-refractivity contribution in [1.82, 2.24) is 15.1 Å². The topological polar surface area (TPSA) is 94.5 Å². The average Bonchev–Trinajstić information content (AvgIpc) is 3.34. The maximum atomic E-state index is 12.8. The van der Waals surface area contributed by atoms with Crippen molar-refractivity contribution in [2.24, 2.45) is 7.05 Å². The number of anilines is 1. The molecule has 0 bridgehead atoms. The van der Waals surface area contributed by atoms with Crippen LogP contribution in [0.1, 0.15) is 32.9 Å². The van der Waals surface area contributed by atoms with Crippen molar-refractivity contribution in [3.05, 3.63) is 76.6 Å². The molecule has 1 aromatic heterocycles. The smallest absolute Gasteiger partial charge is 0.253 e. The van der Waals surface area contributed by atoms with Crippen molar-refractivity contribution in [2.75, 3.05) is 12.1 Å². The molecule has 1 aliphatic rings. The van der Waals surface area contributed by atoms with E-state index in [1.807, 2.05) is 39.1 Å². The fourth-order valence-electron chi connectivity index (χ4n) is 3.48. The summed E-state index contributed by atoms with van der Waals surface area (Å²) in [4.78, 5) is 25.3. The summed E-state index contributed by atoms with van der Waals surface area (Å²) >= 11 is 0. The van der Waals surface area contributed by atoms with Gasteiger partial charge in [0.1, 0.15) is 0 Å². The summed E-state index contributed by atoms with van der Waals surface area (Å²) < 4.78 is 12.4. The largest absolute Gasteiger partial charge is 0.454 e. The monoisotopic (exact) mass is 432 g/mol. The third-order valence-corrected chi connectivity index (χ3v) is 5.29. The molecule has 0 aliphatic carbocycles. The van der Waals surface area contributed by atoms with Crippen molar-refractivity contribution < 1.29 is 19.1 Å². The van der Waals surface area contributed by atoms with E-state index in [-0.39, 0.29) is 18.6 Å². The molecule has 8 heteroatoms. The Morgan fingerprint density at radius 2 is 1.91 bits per heavy atom. The average molecular weight is 432 g/mol. The zero-order chi connectivity index (χ0) is 22.7. The number of fused-ring (bicyclic) bond motifs is 1. The van der Waals surface area contributed by atoms with Crippen molar-refractivity contribution in [3.8, 4) is 11.5 Å². The Kier molecular flexibility index (Phi) is 5.93. The molecule has 2 amide bonds. The van der Waals surface area contributed by atoms with Gasteiger partial charge in [0.2, 0.25) is 12.7 Å². The number of aryl methyl sites for hydroxylation is 2. The highest BCUT2D eigenvalue weighted by Crippen LogP contribution is 2.32. The summed E-state index contributed by atoms with van der Waals surface area (Å²) in [5.74, 6) is 0.735. The van der Waals surface area contributed by atoms with Gasteiger partial charge in [-0.3, -0.25) is 14.3 Å². The number of hydrogen-bond donors (Lipinski definition) is 2. The third-order valence-electron chi connectivity index (χ3n) is 5.29. The Morgan fingerprint density at radius 1 is 1.12 bits per heavy atom. The molecule has 0 saturated heterocycles. The van der Waals surface area contributed by atoms with Gasteiger partial charge in [-0.1, -0.05) is 18.2 Å². The molecule has 0 radical (unpaired) electrons. The van der Waals surface area contributed by atoms with Crippen LogP contribution in [-0.4, -0.2) is 28.4 Å². The zero-order valence-electron chi connectivity index (χ0n) is 18.1. The van der Waals surface area contributed by atoms with Gasteiger partial charge in [0.15, 0.2) is 11.5 Å². The van der Waals surface area contributed by atoms with Crippen LogP contribution in [0.25, 0.3) is 6.08 Å². The van der Waals surface area contributed by atoms with E-state index in [9.17, 15) is 9.59 Å². The number of benzene rings is 2. The molecule has 0 unspecified atom stereocenters. The first-order valence-electron chi connectivity index (χ1n) is 10.2. The lowest BCUT2D eigenvalue weighted by molar-refractivity contribution is -0.111. The molecule has 4 rings (SSSR count). The summed E-state index contributed by atoms with van der Waals surface area (Å²) in [7, 11) is 1.86. The van der Waals surface area contributed by atoms with Crippen LogP contribution in [0.3, 0.4) is 0 Å². The number of para-hydroxylation sites is 1. The quantitative estimate of drug-likeness (QED) is 0.583. The van der Waals surface area contributed by atoms with Gasteiger partial charge in [-0.15, -0.1) is 0 Å². The van der Waals surface area contributed by atoms with Crippen molar-refractivity contribution in [2.45, 2.75) is 20.4 Å². The summed E-state index contributed by atoms with van der Waals surface area (Å²) in [6.45, 7) is 4.35. The first kappa shape index (κ1) is 21.2. The molecule has 0 saturated carbocycles. The van der Waals surface area contributed by atoms with Gasteiger partial charge in [-0.25, -0.2) is 0 Å². The van der Waals surface area contributed by atoms with E-state index in [2.05, 4.69) is 15.7 Å². The number of nitrogens with one attached hydrogen (secondary N) is 2. The maximum Gasteiger partial charge on any atom is 0.253 e. The zero-order valence-corrected chi connectivity index (χ0v) is 18.1. The Bertz CT molecular complexity index is 1210. The molecule has 1 aliphatic heterocycles. The van der Waals surface area contributed by atoms with Crippen LogP contribution in [0.15, 0.2) is 48.5 Å². The summed E-state index contributed by atoms with van der Waals surface area (Å²) in [5, 5.41) is 10.0. The molecule has 0 spiro atoms. The van der Waals surface area contributed by atoms with Crippen molar-refractivity contribution in [3.63, 3.8) is 0 Å². The van der Waals surface area contributed by atoms with Crippen LogP contribution in [-0.2, 0) is 18.4 Å². The Balaban J connectivity index is 1.42. The number of carbonyl (C=O) groups excluding carboxylic acids is 2. The Morgan fingerprint density at radius 3 is 2.69 bits per heavy atom. The van der Waals surface area contributed by atoms with Gasteiger partial charge in [0, 0.05) is 30.9 Å². The molecule has 0 fully saturated rings. The first-order valence-corrected chi connectivity index (χ1v) is 10.2. The minimum Gasteiger partial charge on any atom is -0.454 e. The van der Waals surface area contributed by atoms with E-state index in [0.717, 1.165) is 22.5 Å². The van der Waals surface area contributed by atoms with Crippen LogP contribution < -0.4 is 20.1 Å². The van der Waals surface area contributed by atoms with Gasteiger partial charge in [-0.05, 0) is 49.8 Å². The Hall–Kier alpha value is -4.07. The fourth-order valence-corrected chi connectivity index (χ4v) is 3.48. The normalized spacial score (nSPS) is 12.2. The number of nitrogens with zero attached hydrogens (tertiary/aromatic N) is 2. The summed E-state index contributed by atoms with van der Waals surface area (Å²) in [6, 6.07) is 12.4. The summed E-state index contributed by atoms with van der Waals surface area (Å²) in [5.41, 5.74) is 4.41. The lowest BCUT2D eigenvalue weighted by atomic mass is 10.1. The highest BCUT2D eigenvalue weighted by atomic mass is 16.7. The predicted molar refractivity (Wildman–Crippen MR) is 121 cm³/mol. The number of hydrogen-bond acceptors (Lipinski definition) is 5. The van der Waals surface area contributed by atoms with E-state index < -0.39 is 0 Å². The molecule has 32 heavy (non-hydrogen) atoms. The number of carbonyl (C=O) groups is 2. The van der Waals surface area contributed by atoms with E-state index in [4.69, 9.17) is 9.47 Å². The van der Waals surface area contributed by atoms with E-state index in [1.165, 1.54) is 6.08 Å². The lowest BCUT2D eigenvalue weighted by Crippen LogP contribution is -2.24. The van der Waals surface area contributed by atoms with Crippen LogP contribution in [0.2, 0.25) is 0 Å². The van der Waals surface area contributed by atoms with Gasteiger partial charge in [-0.2, -0.15) is 5.10 Å². The van der Waals surface area contributed by atoms with Crippen LogP contribution in [0.5, 0.6) is 11.5 Å². The van der Waals surface area contributed by atoms with Gasteiger partial charge in [0.25, 0.3) is 5.91 Å². The molecule has 164 valence electrons. The second-order valence-electron chi connectivity index (χ2n) is 7.45. The molecular weight excluding hydrogens is 408 g/mol. The van der Waals surface area contributed by atoms with Crippen LogP contribution >= 0.6 is 0 Å². The lowest BCUT2D eigenvalue weighted by Gasteiger charge is -2.11. The predicted octanol–water partition coefficient (Wildman–Crippen LogP) is 3.35. The van der Waals surface area contributed by atoms with Crippen molar-refractivity contribution in [1.29, 1.82) is 0 Å². The SMILES string of the molecule is Cc1nn(C)c(C)c1/C=C/C(=O)Nc1ccccc1C(=O)NCc1ccc2c(c1)OCO2. The second-order valence-corrected chi connectivity index (χ2v) is 7.45. The van der Waals surface area contributed by atoms with Crippen LogP contribution in [0.4, 0.5) is 5.69 Å². The maximum absolute atomic E-state index is 12.8. The molecule has 0 atom stereocenters. The highest BCUT2D eigenvalue weighted by Gasteiger charge is 2.15. The number of ether oxygens (including phenoxy) is 2. The summed E-state index contributed by atoms with van der Waals surface area (Å²) in [6.07, 6.45) is 3.17. The molecule has 2 N–H and O–H groups in total. The first-order chi connectivity index (χ1) is 15.4. The minimum atomic E-state index is -0.330. The second kappa shape index (κ2) is 8.97. The fraction of sp³-hybridized carbons (Fsp3) is 0.208. The molecule has 2 aromatic carbocycles. The van der Waals surface area contributed by atoms with Gasteiger partial charge >= 0.3 is 0 Å². The number of amides is 2. The molecule has 8 nitrogen and oxygen atoms in total. The van der Waals surface area contributed by atoms with Gasteiger partial charge < -0.3 is 20.1 Å². The highest BCUT2D eigenvalue weighted by molar-refractivity contribution is 6.07. The molecule has 3 aromatic rings. The number of rotatable bonds is 6. The van der Waals surface area contributed by atoms with E-state index in [1.54, 1.807) is 35.0 Å². The van der Waals surface area contributed by atoms with Gasteiger partial charge in [0.05, 0.1) is 16.9 Å². The Labute approximate surface area is 185 Å². The minimum absolute atomic E-state index is 0.201. The van der Waals surface area contributed by atoms with E-state index >= 15 is 0 Å². The van der Waals surface area contributed by atoms with Crippen molar-refractivity contribution >= 4 is 23.6 Å². The number of aromatic nitrogens is 2. The molecular formula is C24H24N4O4. The van der Waals surface area contributed by atoms with Crippen LogP contribution in [0, 0.1) is 13.8 Å². The third kappa shape index (κ3) is 4.49. The van der Waals surface area contributed by atoms with E-state index in [0.29, 0.717) is 29.3 Å².